The van der Waals surface area contributed by atoms with E-state index in [0.717, 1.165) is 59.9 Å². The van der Waals surface area contributed by atoms with E-state index in [4.69, 9.17) is 15.5 Å². The number of carbonyl (C=O) groups is 1. The van der Waals surface area contributed by atoms with E-state index in [1.807, 2.05) is 24.4 Å². The quantitative estimate of drug-likeness (QED) is 0.771. The van der Waals surface area contributed by atoms with Crippen LogP contribution in [0.25, 0.3) is 21.9 Å². The Labute approximate surface area is 146 Å². The molecule has 2 heterocycles. The van der Waals surface area contributed by atoms with Crippen LogP contribution < -0.4 is 5.73 Å². The molecule has 1 aliphatic carbocycles. The third-order valence-corrected chi connectivity index (χ3v) is 5.06. The highest BCUT2D eigenvalue weighted by molar-refractivity contribution is 6.02. The molecule has 0 unspecified atom stereocenters. The van der Waals surface area contributed by atoms with Crippen molar-refractivity contribution in [1.29, 1.82) is 0 Å². The Morgan fingerprint density at radius 2 is 2.12 bits per heavy atom. The molecule has 1 fully saturated rings. The molecule has 1 aromatic carbocycles. The SMILES string of the molecule is CCCc1nc2cnc3ccccc3c2n1CC1(OC(N)=O)CCC1. The molecule has 0 saturated heterocycles. The number of pyridine rings is 1. The summed E-state index contributed by atoms with van der Waals surface area (Å²) in [6.07, 6.45) is 5.72. The molecule has 25 heavy (non-hydrogen) atoms. The van der Waals surface area contributed by atoms with Crippen LogP contribution in [0, 0.1) is 0 Å². The first kappa shape index (κ1) is 15.9. The van der Waals surface area contributed by atoms with Crippen molar-refractivity contribution in [2.24, 2.45) is 5.73 Å². The number of benzene rings is 1. The predicted octanol–water partition coefficient (Wildman–Crippen LogP) is 3.56. The number of primary amides is 1. The van der Waals surface area contributed by atoms with Gasteiger partial charge in [-0.05, 0) is 31.7 Å². The molecule has 0 bridgehead atoms. The maximum absolute atomic E-state index is 11.4. The molecule has 2 aromatic heterocycles. The molecule has 6 heteroatoms. The molecule has 0 aliphatic heterocycles. The molecule has 6 nitrogen and oxygen atoms in total. The van der Waals surface area contributed by atoms with Crippen LogP contribution in [-0.2, 0) is 17.7 Å². The summed E-state index contributed by atoms with van der Waals surface area (Å²) in [4.78, 5) is 20.7. The first-order valence-corrected chi connectivity index (χ1v) is 8.83. The summed E-state index contributed by atoms with van der Waals surface area (Å²) in [5.41, 5.74) is 7.70. The van der Waals surface area contributed by atoms with E-state index in [2.05, 4.69) is 22.5 Å². The summed E-state index contributed by atoms with van der Waals surface area (Å²) in [6, 6.07) is 8.07. The topological polar surface area (TPSA) is 83.0 Å². The minimum Gasteiger partial charge on any atom is -0.441 e. The number of nitrogens with two attached hydrogens (primary N) is 1. The number of hydrogen-bond acceptors (Lipinski definition) is 4. The maximum Gasteiger partial charge on any atom is 0.405 e. The number of fused-ring (bicyclic) bond motifs is 3. The van der Waals surface area contributed by atoms with Crippen molar-refractivity contribution in [2.75, 3.05) is 0 Å². The van der Waals surface area contributed by atoms with E-state index in [-0.39, 0.29) is 0 Å². The van der Waals surface area contributed by atoms with Crippen molar-refractivity contribution < 1.29 is 9.53 Å². The van der Waals surface area contributed by atoms with Crippen molar-refractivity contribution in [1.82, 2.24) is 14.5 Å². The van der Waals surface area contributed by atoms with E-state index >= 15 is 0 Å². The van der Waals surface area contributed by atoms with Crippen LogP contribution in [0.15, 0.2) is 30.5 Å². The summed E-state index contributed by atoms with van der Waals surface area (Å²) in [6.45, 7) is 2.73. The van der Waals surface area contributed by atoms with Gasteiger partial charge in [0.25, 0.3) is 0 Å². The van der Waals surface area contributed by atoms with Crippen molar-refractivity contribution in [3.8, 4) is 0 Å². The van der Waals surface area contributed by atoms with E-state index in [9.17, 15) is 4.79 Å². The normalized spacial score (nSPS) is 16.0. The van der Waals surface area contributed by atoms with Gasteiger partial charge in [-0.2, -0.15) is 0 Å². The number of ether oxygens (including phenoxy) is 1. The average molecular weight is 338 g/mol. The number of carbonyl (C=O) groups excluding carboxylic acids is 1. The van der Waals surface area contributed by atoms with Gasteiger partial charge < -0.3 is 15.0 Å². The van der Waals surface area contributed by atoms with Gasteiger partial charge in [-0.3, -0.25) is 4.98 Å². The van der Waals surface area contributed by atoms with Gasteiger partial charge in [0.1, 0.15) is 16.9 Å². The lowest BCUT2D eigenvalue weighted by molar-refractivity contribution is -0.0556. The lowest BCUT2D eigenvalue weighted by atomic mass is 9.79. The summed E-state index contributed by atoms with van der Waals surface area (Å²) in [5, 5.41) is 1.07. The number of imidazole rings is 1. The maximum atomic E-state index is 11.4. The molecule has 1 aliphatic rings. The molecule has 3 aromatic rings. The van der Waals surface area contributed by atoms with E-state index in [0.29, 0.717) is 6.54 Å². The number of aryl methyl sites for hydroxylation is 1. The smallest absolute Gasteiger partial charge is 0.405 e. The number of rotatable bonds is 5. The van der Waals surface area contributed by atoms with Gasteiger partial charge in [0.2, 0.25) is 0 Å². The molecule has 1 saturated carbocycles. The number of nitrogens with zero attached hydrogens (tertiary/aromatic N) is 3. The highest BCUT2D eigenvalue weighted by atomic mass is 16.6. The zero-order chi connectivity index (χ0) is 17.4. The molecule has 0 atom stereocenters. The van der Waals surface area contributed by atoms with Crippen molar-refractivity contribution in [3.05, 3.63) is 36.3 Å². The fourth-order valence-corrected chi connectivity index (χ4v) is 3.76. The van der Waals surface area contributed by atoms with Crippen LogP contribution in [0.4, 0.5) is 4.79 Å². The van der Waals surface area contributed by atoms with Gasteiger partial charge in [0.15, 0.2) is 0 Å². The number of para-hydroxylation sites is 1. The largest absolute Gasteiger partial charge is 0.441 e. The number of aromatic nitrogens is 3. The number of amides is 1. The minimum absolute atomic E-state index is 0.508. The zero-order valence-electron chi connectivity index (χ0n) is 14.4. The monoisotopic (exact) mass is 338 g/mol. The Bertz CT molecular complexity index is 943. The lowest BCUT2D eigenvalue weighted by Gasteiger charge is -2.41. The van der Waals surface area contributed by atoms with Crippen LogP contribution in [0.5, 0.6) is 0 Å². The summed E-state index contributed by atoms with van der Waals surface area (Å²) in [7, 11) is 0. The molecule has 2 N–H and O–H groups in total. The third-order valence-electron chi connectivity index (χ3n) is 5.06. The molecular formula is C19H22N4O2. The highest BCUT2D eigenvalue weighted by Gasteiger charge is 2.41. The summed E-state index contributed by atoms with van der Waals surface area (Å²) < 4.78 is 7.73. The van der Waals surface area contributed by atoms with Crippen LogP contribution >= 0.6 is 0 Å². The Morgan fingerprint density at radius 3 is 2.80 bits per heavy atom. The Morgan fingerprint density at radius 1 is 1.32 bits per heavy atom. The Balaban J connectivity index is 1.89. The van der Waals surface area contributed by atoms with Gasteiger partial charge in [-0.1, -0.05) is 25.1 Å². The van der Waals surface area contributed by atoms with Gasteiger partial charge in [0, 0.05) is 11.8 Å². The van der Waals surface area contributed by atoms with Gasteiger partial charge in [-0.25, -0.2) is 9.78 Å². The Hall–Kier alpha value is -2.63. The van der Waals surface area contributed by atoms with E-state index in [1.54, 1.807) is 0 Å². The molecule has 130 valence electrons. The Kier molecular flexibility index (Phi) is 3.82. The second kappa shape index (κ2) is 6.02. The van der Waals surface area contributed by atoms with Crippen LogP contribution in [-0.4, -0.2) is 26.2 Å². The number of hydrogen-bond donors (Lipinski definition) is 1. The van der Waals surface area contributed by atoms with Crippen molar-refractivity contribution in [2.45, 2.75) is 51.2 Å². The van der Waals surface area contributed by atoms with E-state index in [1.165, 1.54) is 0 Å². The van der Waals surface area contributed by atoms with Crippen LogP contribution in [0.1, 0.15) is 38.4 Å². The first-order chi connectivity index (χ1) is 12.1. The van der Waals surface area contributed by atoms with E-state index < -0.39 is 11.7 Å². The third kappa shape index (κ3) is 2.71. The molecule has 0 spiro atoms. The minimum atomic E-state index is -0.701. The van der Waals surface area contributed by atoms with Crippen molar-refractivity contribution >= 4 is 28.0 Å². The fourth-order valence-electron chi connectivity index (χ4n) is 3.76. The van der Waals surface area contributed by atoms with Crippen LogP contribution in [0.3, 0.4) is 0 Å². The fraction of sp³-hybridized carbons (Fsp3) is 0.421. The van der Waals surface area contributed by atoms with Crippen molar-refractivity contribution in [3.63, 3.8) is 0 Å². The van der Waals surface area contributed by atoms with Gasteiger partial charge in [0.05, 0.1) is 23.8 Å². The zero-order valence-corrected chi connectivity index (χ0v) is 14.4. The predicted molar refractivity (Wildman–Crippen MR) is 96.3 cm³/mol. The summed E-state index contributed by atoms with van der Waals surface area (Å²) >= 11 is 0. The van der Waals surface area contributed by atoms with Gasteiger partial charge in [-0.15, -0.1) is 0 Å². The molecule has 1 amide bonds. The molecule has 4 rings (SSSR count). The second-order valence-electron chi connectivity index (χ2n) is 6.83. The standard InChI is InChI=1S/C19H22N4O2/c1-2-6-16-22-15-11-21-14-8-4-3-7-13(14)17(15)23(16)12-19(9-5-10-19)25-18(20)24/h3-4,7-8,11H,2,5-6,9-10,12H2,1H3,(H2,20,24). The lowest BCUT2D eigenvalue weighted by Crippen LogP contribution is -2.47. The summed E-state index contributed by atoms with van der Waals surface area (Å²) in [5.74, 6) is 1.01. The van der Waals surface area contributed by atoms with Crippen LogP contribution in [0.2, 0.25) is 0 Å². The second-order valence-corrected chi connectivity index (χ2v) is 6.83. The average Bonchev–Trinajstić information content (AvgIpc) is 2.90. The molecular weight excluding hydrogens is 316 g/mol. The highest BCUT2D eigenvalue weighted by Crippen LogP contribution is 2.39. The van der Waals surface area contributed by atoms with Gasteiger partial charge >= 0.3 is 6.09 Å². The first-order valence-electron chi connectivity index (χ1n) is 8.83. The molecule has 0 radical (unpaired) electrons.